The Morgan fingerprint density at radius 2 is 2.24 bits per heavy atom. The SMILES string of the molecule is CC(C)OCCOc1ncc(Cl)cc1[N+](=O)[O-]. The number of hydrogen-bond acceptors (Lipinski definition) is 5. The summed E-state index contributed by atoms with van der Waals surface area (Å²) >= 11 is 5.62. The van der Waals surface area contributed by atoms with Crippen LogP contribution in [-0.2, 0) is 4.74 Å². The maximum atomic E-state index is 10.7. The Balaban J connectivity index is 2.61. The van der Waals surface area contributed by atoms with Gasteiger partial charge in [-0.1, -0.05) is 11.6 Å². The van der Waals surface area contributed by atoms with Crippen molar-refractivity contribution in [3.63, 3.8) is 0 Å². The molecule has 0 amide bonds. The second kappa shape index (κ2) is 6.36. The number of hydrogen-bond donors (Lipinski definition) is 0. The van der Waals surface area contributed by atoms with E-state index in [1.54, 1.807) is 0 Å². The van der Waals surface area contributed by atoms with Crippen molar-refractivity contribution < 1.29 is 14.4 Å². The third kappa shape index (κ3) is 4.54. The summed E-state index contributed by atoms with van der Waals surface area (Å²) in [5.74, 6) is -0.0493. The van der Waals surface area contributed by atoms with Gasteiger partial charge in [-0.3, -0.25) is 10.1 Å². The highest BCUT2D eigenvalue weighted by molar-refractivity contribution is 6.30. The summed E-state index contributed by atoms with van der Waals surface area (Å²) < 4.78 is 10.4. The van der Waals surface area contributed by atoms with Crippen LogP contribution in [0.25, 0.3) is 0 Å². The third-order valence-corrected chi connectivity index (χ3v) is 1.98. The number of ether oxygens (including phenoxy) is 2. The van der Waals surface area contributed by atoms with Crippen LogP contribution in [0.3, 0.4) is 0 Å². The number of pyridine rings is 1. The van der Waals surface area contributed by atoms with Gasteiger partial charge in [-0.2, -0.15) is 0 Å². The predicted molar refractivity (Wildman–Crippen MR) is 62.5 cm³/mol. The quantitative estimate of drug-likeness (QED) is 0.446. The minimum absolute atomic E-state index is 0.0493. The van der Waals surface area contributed by atoms with Crippen LogP contribution in [0.15, 0.2) is 12.3 Å². The Kier molecular flexibility index (Phi) is 5.11. The fourth-order valence-corrected chi connectivity index (χ4v) is 1.23. The van der Waals surface area contributed by atoms with Crippen molar-refractivity contribution in [2.45, 2.75) is 20.0 Å². The van der Waals surface area contributed by atoms with Gasteiger partial charge in [0.05, 0.1) is 28.9 Å². The summed E-state index contributed by atoms with van der Waals surface area (Å²) in [6.45, 7) is 4.33. The summed E-state index contributed by atoms with van der Waals surface area (Å²) in [5.41, 5.74) is -0.248. The second-order valence-electron chi connectivity index (χ2n) is 3.50. The number of nitrogens with zero attached hydrogens (tertiary/aromatic N) is 2. The molecule has 1 rings (SSSR count). The van der Waals surface area contributed by atoms with E-state index >= 15 is 0 Å². The monoisotopic (exact) mass is 260 g/mol. The minimum atomic E-state index is -0.586. The molecule has 1 heterocycles. The van der Waals surface area contributed by atoms with Crippen molar-refractivity contribution in [3.05, 3.63) is 27.4 Å². The molecule has 6 nitrogen and oxygen atoms in total. The van der Waals surface area contributed by atoms with Crippen molar-refractivity contribution in [2.24, 2.45) is 0 Å². The summed E-state index contributed by atoms with van der Waals surface area (Å²) in [6, 6.07) is 1.20. The fraction of sp³-hybridized carbons (Fsp3) is 0.500. The lowest BCUT2D eigenvalue weighted by Gasteiger charge is -2.08. The number of rotatable bonds is 6. The Morgan fingerprint density at radius 1 is 1.53 bits per heavy atom. The molecular weight excluding hydrogens is 248 g/mol. The van der Waals surface area contributed by atoms with Crippen LogP contribution < -0.4 is 4.74 Å². The average molecular weight is 261 g/mol. The normalized spacial score (nSPS) is 10.6. The Hall–Kier alpha value is -1.40. The molecule has 0 N–H and O–H groups in total. The zero-order chi connectivity index (χ0) is 12.8. The predicted octanol–water partition coefficient (Wildman–Crippen LogP) is 2.45. The van der Waals surface area contributed by atoms with Crippen molar-refractivity contribution in [1.29, 1.82) is 0 Å². The highest BCUT2D eigenvalue weighted by Gasteiger charge is 2.17. The standard InChI is InChI=1S/C10H13ClN2O4/c1-7(2)16-3-4-17-10-9(13(14)15)5-8(11)6-12-10/h5-7H,3-4H2,1-2H3. The lowest BCUT2D eigenvalue weighted by Crippen LogP contribution is -2.12. The lowest BCUT2D eigenvalue weighted by atomic mass is 10.4. The molecule has 1 aromatic rings. The number of nitro groups is 1. The van der Waals surface area contributed by atoms with Gasteiger partial charge in [0.2, 0.25) is 0 Å². The van der Waals surface area contributed by atoms with Crippen LogP contribution >= 0.6 is 11.6 Å². The van der Waals surface area contributed by atoms with E-state index in [0.29, 0.717) is 6.61 Å². The van der Waals surface area contributed by atoms with E-state index in [-0.39, 0.29) is 29.3 Å². The smallest absolute Gasteiger partial charge is 0.332 e. The molecule has 0 radical (unpaired) electrons. The number of halogens is 1. The molecule has 0 bridgehead atoms. The molecule has 0 saturated carbocycles. The van der Waals surface area contributed by atoms with Crippen molar-refractivity contribution >= 4 is 17.3 Å². The van der Waals surface area contributed by atoms with Gasteiger partial charge in [-0.05, 0) is 13.8 Å². The van der Waals surface area contributed by atoms with Gasteiger partial charge in [-0.15, -0.1) is 0 Å². The molecule has 0 aliphatic carbocycles. The van der Waals surface area contributed by atoms with Crippen LogP contribution in [0.1, 0.15) is 13.8 Å². The fourth-order valence-electron chi connectivity index (χ4n) is 1.08. The van der Waals surface area contributed by atoms with Crippen molar-refractivity contribution in [1.82, 2.24) is 4.98 Å². The van der Waals surface area contributed by atoms with Gasteiger partial charge in [-0.25, -0.2) is 4.98 Å². The Morgan fingerprint density at radius 3 is 2.82 bits per heavy atom. The molecule has 94 valence electrons. The first-order chi connectivity index (χ1) is 8.00. The molecule has 0 fully saturated rings. The third-order valence-electron chi connectivity index (χ3n) is 1.77. The molecule has 0 atom stereocenters. The molecule has 0 spiro atoms. The first-order valence-corrected chi connectivity index (χ1v) is 5.43. The summed E-state index contributed by atoms with van der Waals surface area (Å²) in [4.78, 5) is 13.9. The Labute approximate surface area is 104 Å². The molecule has 7 heteroatoms. The van der Waals surface area contributed by atoms with Gasteiger partial charge in [0.1, 0.15) is 6.61 Å². The first kappa shape index (κ1) is 13.7. The molecule has 0 saturated heterocycles. The van der Waals surface area contributed by atoms with E-state index in [0.717, 1.165) is 0 Å². The first-order valence-electron chi connectivity index (χ1n) is 5.05. The van der Waals surface area contributed by atoms with Gasteiger partial charge < -0.3 is 9.47 Å². The maximum Gasteiger partial charge on any atom is 0.332 e. The van der Waals surface area contributed by atoms with E-state index in [1.165, 1.54) is 12.3 Å². The average Bonchev–Trinajstić information content (AvgIpc) is 2.25. The van der Waals surface area contributed by atoms with E-state index in [1.807, 2.05) is 13.8 Å². The van der Waals surface area contributed by atoms with Crippen LogP contribution in [0.2, 0.25) is 5.02 Å². The molecule has 0 unspecified atom stereocenters. The summed E-state index contributed by atoms with van der Waals surface area (Å²) in [7, 11) is 0. The highest BCUT2D eigenvalue weighted by atomic mass is 35.5. The lowest BCUT2D eigenvalue weighted by molar-refractivity contribution is -0.386. The zero-order valence-electron chi connectivity index (χ0n) is 9.55. The van der Waals surface area contributed by atoms with Crippen molar-refractivity contribution in [2.75, 3.05) is 13.2 Å². The molecule has 0 aromatic carbocycles. The van der Waals surface area contributed by atoms with Crippen LogP contribution in [0.5, 0.6) is 5.88 Å². The maximum absolute atomic E-state index is 10.7. The summed E-state index contributed by atoms with van der Waals surface area (Å²) in [5, 5.41) is 10.9. The molecule has 0 aliphatic rings. The molecule has 17 heavy (non-hydrogen) atoms. The largest absolute Gasteiger partial charge is 0.470 e. The van der Waals surface area contributed by atoms with Crippen LogP contribution in [0, 0.1) is 10.1 Å². The second-order valence-corrected chi connectivity index (χ2v) is 3.94. The van der Waals surface area contributed by atoms with E-state index < -0.39 is 4.92 Å². The molecule has 1 aromatic heterocycles. The molecule has 0 aliphatic heterocycles. The minimum Gasteiger partial charge on any atom is -0.470 e. The van der Waals surface area contributed by atoms with Crippen molar-refractivity contribution in [3.8, 4) is 5.88 Å². The number of aromatic nitrogens is 1. The molecular formula is C10H13ClN2O4. The Bertz CT molecular complexity index is 398. The van der Waals surface area contributed by atoms with E-state index in [9.17, 15) is 10.1 Å². The van der Waals surface area contributed by atoms with Gasteiger partial charge in [0.15, 0.2) is 0 Å². The summed E-state index contributed by atoms with van der Waals surface area (Å²) in [6.07, 6.45) is 1.39. The van der Waals surface area contributed by atoms with Gasteiger partial charge in [0.25, 0.3) is 5.88 Å². The van der Waals surface area contributed by atoms with Gasteiger partial charge >= 0.3 is 5.69 Å². The topological polar surface area (TPSA) is 74.5 Å². The van der Waals surface area contributed by atoms with Crippen LogP contribution in [0.4, 0.5) is 5.69 Å². The van der Waals surface area contributed by atoms with E-state index in [2.05, 4.69) is 4.98 Å². The van der Waals surface area contributed by atoms with Crippen LogP contribution in [-0.4, -0.2) is 29.2 Å². The van der Waals surface area contributed by atoms with E-state index in [4.69, 9.17) is 21.1 Å². The van der Waals surface area contributed by atoms with Gasteiger partial charge in [0, 0.05) is 6.07 Å². The highest BCUT2D eigenvalue weighted by Crippen LogP contribution is 2.26. The zero-order valence-corrected chi connectivity index (χ0v) is 10.3.